The summed E-state index contributed by atoms with van der Waals surface area (Å²) in [5.41, 5.74) is 1.95. The molecular weight excluding hydrogens is 236 g/mol. The normalized spacial score (nSPS) is 10.7. The zero-order valence-corrected chi connectivity index (χ0v) is 12.3. The highest BCUT2D eigenvalue weighted by Crippen LogP contribution is 2.05. The fourth-order valence-electron chi connectivity index (χ4n) is 1.77. The zero-order chi connectivity index (χ0) is 14.1. The SMILES string of the molecule is CCCCCNC(=O)c1ccc(CNC(C)C)cc1. The van der Waals surface area contributed by atoms with Crippen molar-refractivity contribution >= 4 is 5.91 Å². The summed E-state index contributed by atoms with van der Waals surface area (Å²) in [6.07, 6.45) is 3.39. The van der Waals surface area contributed by atoms with Crippen molar-refractivity contribution in [2.45, 2.75) is 52.6 Å². The third-order valence-corrected chi connectivity index (χ3v) is 3.00. The van der Waals surface area contributed by atoms with Gasteiger partial charge in [-0.2, -0.15) is 0 Å². The number of carbonyl (C=O) groups is 1. The Morgan fingerprint density at radius 1 is 1.16 bits per heavy atom. The molecule has 0 aliphatic heterocycles. The summed E-state index contributed by atoms with van der Waals surface area (Å²) in [4.78, 5) is 11.9. The molecule has 0 atom stereocenters. The molecule has 3 heteroatoms. The van der Waals surface area contributed by atoms with Gasteiger partial charge in [-0.25, -0.2) is 0 Å². The first-order valence-corrected chi connectivity index (χ1v) is 7.24. The third-order valence-electron chi connectivity index (χ3n) is 3.00. The zero-order valence-electron chi connectivity index (χ0n) is 12.3. The van der Waals surface area contributed by atoms with Gasteiger partial charge in [-0.15, -0.1) is 0 Å². The van der Waals surface area contributed by atoms with Crippen LogP contribution in [0.5, 0.6) is 0 Å². The van der Waals surface area contributed by atoms with Gasteiger partial charge in [0.25, 0.3) is 5.91 Å². The molecule has 0 spiro atoms. The second-order valence-electron chi connectivity index (χ2n) is 5.20. The van der Waals surface area contributed by atoms with Gasteiger partial charge < -0.3 is 10.6 Å². The van der Waals surface area contributed by atoms with Crippen LogP contribution in [0.25, 0.3) is 0 Å². The highest BCUT2D eigenvalue weighted by molar-refractivity contribution is 5.94. The van der Waals surface area contributed by atoms with Crippen molar-refractivity contribution < 1.29 is 4.79 Å². The predicted octanol–water partition coefficient (Wildman–Crippen LogP) is 3.10. The summed E-state index contributed by atoms with van der Waals surface area (Å²) in [6, 6.07) is 8.28. The van der Waals surface area contributed by atoms with Crippen molar-refractivity contribution in [1.29, 1.82) is 0 Å². The van der Waals surface area contributed by atoms with Crippen LogP contribution in [-0.4, -0.2) is 18.5 Å². The summed E-state index contributed by atoms with van der Waals surface area (Å²) in [5, 5.41) is 6.31. The molecule has 1 amide bonds. The lowest BCUT2D eigenvalue weighted by Crippen LogP contribution is -2.24. The van der Waals surface area contributed by atoms with Gasteiger partial charge in [-0.1, -0.05) is 45.7 Å². The van der Waals surface area contributed by atoms with Crippen molar-refractivity contribution in [3.8, 4) is 0 Å². The van der Waals surface area contributed by atoms with Crippen molar-refractivity contribution in [2.75, 3.05) is 6.54 Å². The van der Waals surface area contributed by atoms with Gasteiger partial charge in [0.15, 0.2) is 0 Å². The number of rotatable bonds is 8. The molecule has 0 unspecified atom stereocenters. The minimum absolute atomic E-state index is 0.0273. The lowest BCUT2D eigenvalue weighted by Gasteiger charge is -2.09. The molecule has 3 nitrogen and oxygen atoms in total. The second-order valence-corrected chi connectivity index (χ2v) is 5.20. The third kappa shape index (κ3) is 6.39. The van der Waals surface area contributed by atoms with Gasteiger partial charge in [0.2, 0.25) is 0 Å². The van der Waals surface area contributed by atoms with E-state index in [9.17, 15) is 4.79 Å². The molecule has 0 heterocycles. The average molecular weight is 262 g/mol. The number of hydrogen-bond donors (Lipinski definition) is 2. The molecular formula is C16H26N2O. The molecule has 0 aromatic heterocycles. The maximum atomic E-state index is 11.9. The number of hydrogen-bond acceptors (Lipinski definition) is 2. The molecule has 1 aromatic rings. The molecule has 1 aromatic carbocycles. The van der Waals surface area contributed by atoms with Gasteiger partial charge >= 0.3 is 0 Å². The summed E-state index contributed by atoms with van der Waals surface area (Å²) >= 11 is 0. The molecule has 0 radical (unpaired) electrons. The van der Waals surface area contributed by atoms with E-state index in [-0.39, 0.29) is 5.91 Å². The van der Waals surface area contributed by atoms with Crippen molar-refractivity contribution in [3.63, 3.8) is 0 Å². The summed E-state index contributed by atoms with van der Waals surface area (Å²) in [6.45, 7) is 8.02. The Hall–Kier alpha value is -1.35. The van der Waals surface area contributed by atoms with E-state index in [0.717, 1.165) is 25.1 Å². The Kier molecular flexibility index (Phi) is 7.19. The molecule has 2 N–H and O–H groups in total. The van der Waals surface area contributed by atoms with Crippen molar-refractivity contribution in [3.05, 3.63) is 35.4 Å². The topological polar surface area (TPSA) is 41.1 Å². The first-order chi connectivity index (χ1) is 9.13. The van der Waals surface area contributed by atoms with Crippen molar-refractivity contribution in [1.82, 2.24) is 10.6 Å². The van der Waals surface area contributed by atoms with E-state index in [0.29, 0.717) is 6.04 Å². The lowest BCUT2D eigenvalue weighted by molar-refractivity contribution is 0.0953. The molecule has 1 rings (SSSR count). The van der Waals surface area contributed by atoms with E-state index in [1.54, 1.807) is 0 Å². The Morgan fingerprint density at radius 2 is 1.84 bits per heavy atom. The van der Waals surface area contributed by atoms with E-state index in [4.69, 9.17) is 0 Å². The number of benzene rings is 1. The molecule has 106 valence electrons. The minimum Gasteiger partial charge on any atom is -0.352 e. The summed E-state index contributed by atoms with van der Waals surface area (Å²) in [5.74, 6) is 0.0273. The van der Waals surface area contributed by atoms with Crippen LogP contribution in [0.2, 0.25) is 0 Å². The fourth-order valence-corrected chi connectivity index (χ4v) is 1.77. The minimum atomic E-state index is 0.0273. The molecule has 0 saturated carbocycles. The van der Waals surface area contributed by atoms with Crippen LogP contribution in [-0.2, 0) is 6.54 Å². The maximum absolute atomic E-state index is 11.9. The molecule has 0 aliphatic carbocycles. The van der Waals surface area contributed by atoms with Gasteiger partial charge in [0.05, 0.1) is 0 Å². The summed E-state index contributed by atoms with van der Waals surface area (Å²) in [7, 11) is 0. The molecule has 19 heavy (non-hydrogen) atoms. The molecule has 0 saturated heterocycles. The smallest absolute Gasteiger partial charge is 0.251 e. The fraction of sp³-hybridized carbons (Fsp3) is 0.562. The largest absolute Gasteiger partial charge is 0.352 e. The van der Waals surface area contributed by atoms with Crippen LogP contribution < -0.4 is 10.6 Å². The highest BCUT2D eigenvalue weighted by Gasteiger charge is 2.04. The van der Waals surface area contributed by atoms with Crippen LogP contribution in [0.3, 0.4) is 0 Å². The van der Waals surface area contributed by atoms with Gasteiger partial charge in [0.1, 0.15) is 0 Å². The van der Waals surface area contributed by atoms with Gasteiger partial charge in [0, 0.05) is 24.7 Å². The monoisotopic (exact) mass is 262 g/mol. The number of nitrogens with one attached hydrogen (secondary N) is 2. The van der Waals surface area contributed by atoms with Crippen molar-refractivity contribution in [2.24, 2.45) is 0 Å². The van der Waals surface area contributed by atoms with Crippen LogP contribution >= 0.6 is 0 Å². The molecule has 0 fully saturated rings. The maximum Gasteiger partial charge on any atom is 0.251 e. The van der Waals surface area contributed by atoms with E-state index < -0.39 is 0 Å². The molecule has 0 aliphatic rings. The van der Waals surface area contributed by atoms with E-state index in [1.807, 2.05) is 24.3 Å². The first kappa shape index (κ1) is 15.7. The first-order valence-electron chi connectivity index (χ1n) is 7.24. The Bertz CT molecular complexity index is 371. The predicted molar refractivity (Wildman–Crippen MR) is 80.3 cm³/mol. The van der Waals surface area contributed by atoms with Crippen LogP contribution in [0.4, 0.5) is 0 Å². The van der Waals surface area contributed by atoms with Crippen LogP contribution in [0.15, 0.2) is 24.3 Å². The Balaban J connectivity index is 2.40. The second kappa shape index (κ2) is 8.70. The average Bonchev–Trinajstić information content (AvgIpc) is 2.41. The van der Waals surface area contributed by atoms with Crippen LogP contribution in [0, 0.1) is 0 Å². The van der Waals surface area contributed by atoms with Crippen LogP contribution in [0.1, 0.15) is 56.0 Å². The standard InChI is InChI=1S/C16H26N2O/c1-4-5-6-11-17-16(19)15-9-7-14(8-10-15)12-18-13(2)3/h7-10,13,18H,4-6,11-12H2,1-3H3,(H,17,19). The van der Waals surface area contributed by atoms with Gasteiger partial charge in [-0.3, -0.25) is 4.79 Å². The van der Waals surface area contributed by atoms with Gasteiger partial charge in [-0.05, 0) is 24.1 Å². The lowest BCUT2D eigenvalue weighted by atomic mass is 10.1. The molecule has 0 bridgehead atoms. The van der Waals surface area contributed by atoms with E-state index in [1.165, 1.54) is 18.4 Å². The number of unbranched alkanes of at least 4 members (excludes halogenated alkanes) is 2. The van der Waals surface area contributed by atoms with E-state index in [2.05, 4.69) is 31.4 Å². The Labute approximate surface area is 116 Å². The number of carbonyl (C=O) groups excluding carboxylic acids is 1. The highest BCUT2D eigenvalue weighted by atomic mass is 16.1. The Morgan fingerprint density at radius 3 is 2.42 bits per heavy atom. The number of amides is 1. The summed E-state index contributed by atoms with van der Waals surface area (Å²) < 4.78 is 0. The van der Waals surface area contributed by atoms with E-state index >= 15 is 0 Å². The quantitative estimate of drug-likeness (QED) is 0.707.